The number of aromatic nitrogens is 2. The number of carbonyl (C=O) groups is 2. The quantitative estimate of drug-likeness (QED) is 0.684. The van der Waals surface area contributed by atoms with Crippen LogP contribution in [-0.2, 0) is 9.59 Å². The Bertz CT molecular complexity index is 406. The second-order valence-corrected chi connectivity index (χ2v) is 5.34. The minimum atomic E-state index is -0.926. The molecule has 7 nitrogen and oxygen atoms in total. The molecule has 0 fully saturated rings. The standard InChI is InChI=1S/C9H13N3O4S2/c1-17-9-11-10-8(18-9)12(4-2-6(13)14)5-3-7(15)16/h2-5H2,1H3,(H,13,14)(H,15,16). The van der Waals surface area contributed by atoms with Crippen molar-refractivity contribution in [1.82, 2.24) is 10.2 Å². The first-order valence-electron chi connectivity index (χ1n) is 5.09. The number of hydrogen-bond acceptors (Lipinski definition) is 7. The normalized spacial score (nSPS) is 10.3. The van der Waals surface area contributed by atoms with E-state index in [2.05, 4.69) is 10.2 Å². The molecule has 0 bridgehead atoms. The minimum Gasteiger partial charge on any atom is -0.481 e. The molecule has 0 saturated carbocycles. The second kappa shape index (κ2) is 7.17. The highest BCUT2D eigenvalue weighted by Gasteiger charge is 2.15. The number of anilines is 1. The number of aliphatic carboxylic acids is 2. The molecule has 0 aromatic carbocycles. The van der Waals surface area contributed by atoms with E-state index in [4.69, 9.17) is 10.2 Å². The van der Waals surface area contributed by atoms with Crippen molar-refractivity contribution in [2.75, 3.05) is 24.2 Å². The molecule has 18 heavy (non-hydrogen) atoms. The Hall–Kier alpha value is -1.35. The van der Waals surface area contributed by atoms with Crippen LogP contribution in [0.1, 0.15) is 12.8 Å². The van der Waals surface area contributed by atoms with Crippen LogP contribution in [0.15, 0.2) is 4.34 Å². The lowest BCUT2D eigenvalue weighted by molar-refractivity contribution is -0.137. The summed E-state index contributed by atoms with van der Waals surface area (Å²) in [7, 11) is 0. The van der Waals surface area contributed by atoms with Crippen LogP contribution in [0.3, 0.4) is 0 Å². The van der Waals surface area contributed by atoms with E-state index in [0.29, 0.717) is 5.13 Å². The van der Waals surface area contributed by atoms with Gasteiger partial charge in [0.25, 0.3) is 0 Å². The largest absolute Gasteiger partial charge is 0.481 e. The molecule has 0 radical (unpaired) electrons. The van der Waals surface area contributed by atoms with E-state index in [0.717, 1.165) is 4.34 Å². The van der Waals surface area contributed by atoms with Crippen molar-refractivity contribution in [2.45, 2.75) is 17.2 Å². The van der Waals surface area contributed by atoms with E-state index < -0.39 is 11.9 Å². The molecule has 0 amide bonds. The zero-order chi connectivity index (χ0) is 13.5. The van der Waals surface area contributed by atoms with Crippen molar-refractivity contribution in [2.24, 2.45) is 0 Å². The third kappa shape index (κ3) is 4.88. The molecule has 2 N–H and O–H groups in total. The van der Waals surface area contributed by atoms with E-state index >= 15 is 0 Å². The third-order valence-corrected chi connectivity index (χ3v) is 3.99. The SMILES string of the molecule is CSc1nnc(N(CCC(=O)O)CCC(=O)O)s1. The molecule has 0 saturated heterocycles. The predicted molar refractivity (Wildman–Crippen MR) is 68.4 cm³/mol. The molecule has 0 atom stereocenters. The van der Waals surface area contributed by atoms with Gasteiger partial charge in [-0.15, -0.1) is 10.2 Å². The monoisotopic (exact) mass is 291 g/mol. The van der Waals surface area contributed by atoms with Gasteiger partial charge in [0, 0.05) is 13.1 Å². The Morgan fingerprint density at radius 2 is 1.78 bits per heavy atom. The number of rotatable bonds is 8. The summed E-state index contributed by atoms with van der Waals surface area (Å²) in [4.78, 5) is 22.7. The first-order chi connectivity index (χ1) is 8.52. The van der Waals surface area contributed by atoms with Crippen LogP contribution in [0.5, 0.6) is 0 Å². The lowest BCUT2D eigenvalue weighted by atomic mass is 10.3. The van der Waals surface area contributed by atoms with Crippen LogP contribution >= 0.6 is 23.1 Å². The number of hydrogen-bond donors (Lipinski definition) is 2. The average Bonchev–Trinajstić information content (AvgIpc) is 2.77. The Balaban J connectivity index is 2.68. The van der Waals surface area contributed by atoms with Gasteiger partial charge in [0.15, 0.2) is 4.34 Å². The van der Waals surface area contributed by atoms with Gasteiger partial charge in [-0.1, -0.05) is 23.1 Å². The van der Waals surface area contributed by atoms with Crippen molar-refractivity contribution in [3.05, 3.63) is 0 Å². The summed E-state index contributed by atoms with van der Waals surface area (Å²) in [6.07, 6.45) is 1.74. The summed E-state index contributed by atoms with van der Waals surface area (Å²) in [6, 6.07) is 0. The lowest BCUT2D eigenvalue weighted by Gasteiger charge is -2.19. The predicted octanol–water partition coefficient (Wildman–Crippen LogP) is 1.02. The summed E-state index contributed by atoms with van der Waals surface area (Å²) in [5.74, 6) is -1.85. The fourth-order valence-electron chi connectivity index (χ4n) is 1.18. The molecule has 9 heteroatoms. The van der Waals surface area contributed by atoms with E-state index in [1.165, 1.54) is 23.1 Å². The number of carboxylic acids is 2. The Labute approximate surface area is 112 Å². The zero-order valence-corrected chi connectivity index (χ0v) is 11.3. The molecule has 1 rings (SSSR count). The minimum absolute atomic E-state index is 0.0617. The molecule has 0 aliphatic rings. The summed E-state index contributed by atoms with van der Waals surface area (Å²) in [5.41, 5.74) is 0. The van der Waals surface area contributed by atoms with Crippen molar-refractivity contribution in [1.29, 1.82) is 0 Å². The smallest absolute Gasteiger partial charge is 0.305 e. The van der Waals surface area contributed by atoms with Crippen molar-refractivity contribution < 1.29 is 19.8 Å². The summed E-state index contributed by atoms with van der Waals surface area (Å²) in [6.45, 7) is 0.456. The van der Waals surface area contributed by atoms with Gasteiger partial charge in [0.2, 0.25) is 5.13 Å². The van der Waals surface area contributed by atoms with E-state index in [1.54, 1.807) is 4.90 Å². The van der Waals surface area contributed by atoms with Gasteiger partial charge in [-0.2, -0.15) is 0 Å². The van der Waals surface area contributed by atoms with Gasteiger partial charge < -0.3 is 15.1 Å². The molecular formula is C9H13N3O4S2. The number of carboxylic acid groups (broad SMARTS) is 2. The maximum Gasteiger partial charge on any atom is 0.305 e. The molecule has 0 unspecified atom stereocenters. The molecule has 0 aliphatic carbocycles. The fourth-order valence-corrected chi connectivity index (χ4v) is 2.49. The van der Waals surface area contributed by atoms with Gasteiger partial charge in [-0.05, 0) is 6.26 Å². The molecule has 1 heterocycles. The maximum absolute atomic E-state index is 10.6. The van der Waals surface area contributed by atoms with Crippen LogP contribution in [0.4, 0.5) is 5.13 Å². The lowest BCUT2D eigenvalue weighted by Crippen LogP contribution is -2.28. The number of nitrogens with zero attached hydrogens (tertiary/aromatic N) is 3. The summed E-state index contributed by atoms with van der Waals surface area (Å²) in [5, 5.41) is 25.7. The molecule has 0 spiro atoms. The zero-order valence-electron chi connectivity index (χ0n) is 9.70. The van der Waals surface area contributed by atoms with Crippen LogP contribution in [0, 0.1) is 0 Å². The van der Waals surface area contributed by atoms with E-state index in [1.807, 2.05) is 6.26 Å². The first-order valence-corrected chi connectivity index (χ1v) is 7.13. The Morgan fingerprint density at radius 3 is 2.17 bits per heavy atom. The van der Waals surface area contributed by atoms with Crippen LogP contribution in [0.25, 0.3) is 0 Å². The molecule has 0 aliphatic heterocycles. The highest BCUT2D eigenvalue weighted by molar-refractivity contribution is 8.00. The Morgan fingerprint density at radius 1 is 1.22 bits per heavy atom. The first kappa shape index (κ1) is 14.7. The molecule has 100 valence electrons. The molecule has 1 aromatic heterocycles. The van der Waals surface area contributed by atoms with Crippen molar-refractivity contribution in [3.8, 4) is 0 Å². The van der Waals surface area contributed by atoms with Crippen LogP contribution in [0.2, 0.25) is 0 Å². The summed E-state index contributed by atoms with van der Waals surface area (Å²) >= 11 is 2.77. The van der Waals surface area contributed by atoms with Gasteiger partial charge in [-0.3, -0.25) is 9.59 Å². The third-order valence-electron chi connectivity index (χ3n) is 2.03. The number of thioether (sulfide) groups is 1. The van der Waals surface area contributed by atoms with Gasteiger partial charge in [0.1, 0.15) is 0 Å². The van der Waals surface area contributed by atoms with Crippen LogP contribution < -0.4 is 4.90 Å². The van der Waals surface area contributed by atoms with Gasteiger partial charge >= 0.3 is 11.9 Å². The van der Waals surface area contributed by atoms with Gasteiger partial charge in [-0.25, -0.2) is 0 Å². The van der Waals surface area contributed by atoms with Crippen molar-refractivity contribution in [3.63, 3.8) is 0 Å². The van der Waals surface area contributed by atoms with Crippen LogP contribution in [-0.4, -0.2) is 51.7 Å². The molecular weight excluding hydrogens is 278 g/mol. The highest BCUT2D eigenvalue weighted by Crippen LogP contribution is 2.26. The van der Waals surface area contributed by atoms with Crippen molar-refractivity contribution >= 4 is 40.2 Å². The van der Waals surface area contributed by atoms with Gasteiger partial charge in [0.05, 0.1) is 12.8 Å². The fraction of sp³-hybridized carbons (Fsp3) is 0.556. The summed E-state index contributed by atoms with van der Waals surface area (Å²) < 4.78 is 0.764. The topological polar surface area (TPSA) is 104 Å². The average molecular weight is 291 g/mol. The highest BCUT2D eigenvalue weighted by atomic mass is 32.2. The maximum atomic E-state index is 10.6. The van der Waals surface area contributed by atoms with E-state index in [9.17, 15) is 9.59 Å². The van der Waals surface area contributed by atoms with E-state index in [-0.39, 0.29) is 25.9 Å². The Kier molecular flexibility index (Phi) is 5.86. The molecule has 1 aromatic rings. The second-order valence-electron chi connectivity index (χ2n) is 3.33.